The third kappa shape index (κ3) is 2.03. The Morgan fingerprint density at radius 3 is 2.62 bits per heavy atom. The van der Waals surface area contributed by atoms with Crippen molar-refractivity contribution in [1.29, 1.82) is 0 Å². The lowest BCUT2D eigenvalue weighted by atomic mass is 9.98. The first-order valence-electron chi connectivity index (χ1n) is 5.16. The molecule has 0 spiro atoms. The zero-order chi connectivity index (χ0) is 9.31. The van der Waals surface area contributed by atoms with Gasteiger partial charge in [0.2, 0.25) is 0 Å². The summed E-state index contributed by atoms with van der Waals surface area (Å²) in [5.74, 6) is 0. The van der Waals surface area contributed by atoms with Crippen LogP contribution in [0.4, 0.5) is 0 Å². The van der Waals surface area contributed by atoms with Gasteiger partial charge in [-0.3, -0.25) is 0 Å². The summed E-state index contributed by atoms with van der Waals surface area (Å²) in [4.78, 5) is 0. The van der Waals surface area contributed by atoms with Gasteiger partial charge in [-0.2, -0.15) is 0 Å². The summed E-state index contributed by atoms with van der Waals surface area (Å²) in [6.07, 6.45) is 2.27. The molecule has 2 unspecified atom stereocenters. The van der Waals surface area contributed by atoms with Crippen molar-refractivity contribution >= 4 is 0 Å². The minimum absolute atomic E-state index is 0.00257. The molecule has 0 aromatic rings. The summed E-state index contributed by atoms with van der Waals surface area (Å²) in [5, 5.41) is 3.62. The number of hydrogen-bond acceptors (Lipinski definition) is 3. The zero-order valence-corrected chi connectivity index (χ0v) is 8.51. The minimum Gasteiger partial charge on any atom is -0.380 e. The normalized spacial score (nSPS) is 38.3. The van der Waals surface area contributed by atoms with Gasteiger partial charge in [0, 0.05) is 25.3 Å². The van der Waals surface area contributed by atoms with E-state index in [-0.39, 0.29) is 5.60 Å². The zero-order valence-electron chi connectivity index (χ0n) is 8.51. The predicted molar refractivity (Wildman–Crippen MR) is 50.8 cm³/mol. The van der Waals surface area contributed by atoms with Gasteiger partial charge in [-0.25, -0.2) is 0 Å². The fourth-order valence-electron chi connectivity index (χ4n) is 2.12. The Morgan fingerprint density at radius 2 is 2.08 bits per heavy atom. The third-order valence-corrected chi connectivity index (χ3v) is 3.09. The Balaban J connectivity index is 1.86. The lowest BCUT2D eigenvalue weighted by Crippen LogP contribution is -2.48. The van der Waals surface area contributed by atoms with Crippen LogP contribution in [0.5, 0.6) is 0 Å². The van der Waals surface area contributed by atoms with E-state index in [1.165, 1.54) is 0 Å². The molecule has 2 rings (SSSR count). The van der Waals surface area contributed by atoms with E-state index in [1.807, 2.05) is 0 Å². The van der Waals surface area contributed by atoms with E-state index in [1.54, 1.807) is 0 Å². The van der Waals surface area contributed by atoms with Crippen LogP contribution in [0.2, 0.25) is 0 Å². The van der Waals surface area contributed by atoms with Crippen LogP contribution in [0, 0.1) is 0 Å². The Hall–Kier alpha value is -0.120. The minimum atomic E-state index is 0.00257. The van der Waals surface area contributed by atoms with E-state index in [0.29, 0.717) is 12.1 Å². The first kappa shape index (κ1) is 9.44. The standard InChI is InChI=1S/C10H19NO2/c1-10(2)9(4-6-13-10)11-8-3-5-12-7-8/h8-9,11H,3-7H2,1-2H3. The molecular formula is C10H19NO2. The lowest BCUT2D eigenvalue weighted by Gasteiger charge is -2.28. The van der Waals surface area contributed by atoms with Crippen molar-refractivity contribution in [3.05, 3.63) is 0 Å². The highest BCUT2D eigenvalue weighted by Crippen LogP contribution is 2.25. The molecule has 1 N–H and O–H groups in total. The van der Waals surface area contributed by atoms with Crippen LogP contribution in [-0.4, -0.2) is 37.5 Å². The van der Waals surface area contributed by atoms with E-state index in [2.05, 4.69) is 19.2 Å². The number of ether oxygens (including phenoxy) is 2. The largest absolute Gasteiger partial charge is 0.380 e. The van der Waals surface area contributed by atoms with E-state index in [9.17, 15) is 0 Å². The van der Waals surface area contributed by atoms with Crippen molar-refractivity contribution in [2.75, 3.05) is 19.8 Å². The van der Waals surface area contributed by atoms with Crippen LogP contribution < -0.4 is 5.32 Å². The monoisotopic (exact) mass is 185 g/mol. The van der Waals surface area contributed by atoms with Gasteiger partial charge in [0.1, 0.15) is 0 Å². The summed E-state index contributed by atoms with van der Waals surface area (Å²) in [7, 11) is 0. The van der Waals surface area contributed by atoms with E-state index >= 15 is 0 Å². The molecule has 0 aromatic heterocycles. The molecule has 2 heterocycles. The van der Waals surface area contributed by atoms with E-state index < -0.39 is 0 Å². The molecule has 0 aromatic carbocycles. The fourth-order valence-corrected chi connectivity index (χ4v) is 2.12. The first-order chi connectivity index (χ1) is 6.18. The first-order valence-corrected chi connectivity index (χ1v) is 5.16. The molecular weight excluding hydrogens is 166 g/mol. The average Bonchev–Trinajstić information content (AvgIpc) is 2.63. The van der Waals surface area contributed by atoms with Crippen molar-refractivity contribution < 1.29 is 9.47 Å². The molecule has 0 radical (unpaired) electrons. The van der Waals surface area contributed by atoms with Crippen LogP contribution in [0.3, 0.4) is 0 Å². The average molecular weight is 185 g/mol. The summed E-state index contributed by atoms with van der Waals surface area (Å²) in [5.41, 5.74) is 0.00257. The maximum atomic E-state index is 5.66. The molecule has 0 amide bonds. The van der Waals surface area contributed by atoms with Gasteiger partial charge in [-0.1, -0.05) is 0 Å². The van der Waals surface area contributed by atoms with Gasteiger partial charge >= 0.3 is 0 Å². The molecule has 0 aliphatic carbocycles. The van der Waals surface area contributed by atoms with Crippen LogP contribution >= 0.6 is 0 Å². The van der Waals surface area contributed by atoms with Gasteiger partial charge in [-0.15, -0.1) is 0 Å². The van der Waals surface area contributed by atoms with Crippen molar-refractivity contribution in [3.8, 4) is 0 Å². The molecule has 0 bridgehead atoms. The smallest absolute Gasteiger partial charge is 0.0779 e. The second-order valence-corrected chi connectivity index (χ2v) is 4.52. The SMILES string of the molecule is CC1(C)OCCC1NC1CCOC1. The third-order valence-electron chi connectivity index (χ3n) is 3.09. The molecule has 2 atom stereocenters. The van der Waals surface area contributed by atoms with Crippen molar-refractivity contribution in [3.63, 3.8) is 0 Å². The molecule has 76 valence electrons. The van der Waals surface area contributed by atoms with Crippen LogP contribution in [-0.2, 0) is 9.47 Å². The lowest BCUT2D eigenvalue weighted by molar-refractivity contribution is 0.0192. The second-order valence-electron chi connectivity index (χ2n) is 4.52. The Bertz CT molecular complexity index is 176. The van der Waals surface area contributed by atoms with Gasteiger partial charge in [0.05, 0.1) is 12.2 Å². The van der Waals surface area contributed by atoms with E-state index in [4.69, 9.17) is 9.47 Å². The number of rotatable bonds is 2. The quantitative estimate of drug-likeness (QED) is 0.694. The van der Waals surface area contributed by atoms with Gasteiger partial charge in [0.15, 0.2) is 0 Å². The summed E-state index contributed by atoms with van der Waals surface area (Å²) >= 11 is 0. The molecule has 2 saturated heterocycles. The van der Waals surface area contributed by atoms with Gasteiger partial charge in [0.25, 0.3) is 0 Å². The number of hydrogen-bond donors (Lipinski definition) is 1. The van der Waals surface area contributed by atoms with Crippen LogP contribution in [0.15, 0.2) is 0 Å². The number of nitrogens with one attached hydrogen (secondary N) is 1. The summed E-state index contributed by atoms with van der Waals surface area (Å²) < 4.78 is 11.0. The maximum Gasteiger partial charge on any atom is 0.0779 e. The van der Waals surface area contributed by atoms with Crippen molar-refractivity contribution in [2.24, 2.45) is 0 Å². The van der Waals surface area contributed by atoms with Gasteiger partial charge in [-0.05, 0) is 26.7 Å². The predicted octanol–water partition coefficient (Wildman–Crippen LogP) is 0.932. The topological polar surface area (TPSA) is 30.5 Å². The fraction of sp³-hybridized carbons (Fsp3) is 1.00. The maximum absolute atomic E-state index is 5.66. The molecule has 2 fully saturated rings. The van der Waals surface area contributed by atoms with Crippen molar-refractivity contribution in [2.45, 2.75) is 44.4 Å². The molecule has 0 saturated carbocycles. The molecule has 2 aliphatic rings. The Labute approximate surface area is 79.8 Å². The highest BCUT2D eigenvalue weighted by atomic mass is 16.5. The summed E-state index contributed by atoms with van der Waals surface area (Å²) in [6, 6.07) is 1.05. The van der Waals surface area contributed by atoms with Crippen molar-refractivity contribution in [1.82, 2.24) is 5.32 Å². The van der Waals surface area contributed by atoms with Crippen LogP contribution in [0.25, 0.3) is 0 Å². The highest BCUT2D eigenvalue weighted by molar-refractivity contribution is 4.92. The Morgan fingerprint density at radius 1 is 1.23 bits per heavy atom. The Kier molecular flexibility index (Phi) is 2.58. The molecule has 3 nitrogen and oxygen atoms in total. The molecule has 2 aliphatic heterocycles. The van der Waals surface area contributed by atoms with Gasteiger partial charge < -0.3 is 14.8 Å². The molecule has 3 heteroatoms. The highest BCUT2D eigenvalue weighted by Gasteiger charge is 2.37. The second kappa shape index (κ2) is 3.56. The van der Waals surface area contributed by atoms with E-state index in [0.717, 1.165) is 32.7 Å². The summed E-state index contributed by atoms with van der Waals surface area (Å²) in [6.45, 7) is 6.98. The molecule has 13 heavy (non-hydrogen) atoms. The van der Waals surface area contributed by atoms with Crippen LogP contribution in [0.1, 0.15) is 26.7 Å².